The number of carbonyl (C=O) groups excluding carboxylic acids is 1. The maximum Gasteiger partial charge on any atom is 0.131 e. The first-order chi connectivity index (χ1) is 5.45. The first-order valence-corrected chi connectivity index (χ1v) is 4.06. The van der Waals surface area contributed by atoms with Gasteiger partial charge in [0, 0.05) is 13.0 Å². The van der Waals surface area contributed by atoms with Crippen molar-refractivity contribution in [3.63, 3.8) is 0 Å². The van der Waals surface area contributed by atoms with Gasteiger partial charge in [-0.05, 0) is 20.8 Å². The topological polar surface area (TPSA) is 60.8 Å². The Morgan fingerprint density at radius 3 is 2.00 bits per heavy atom. The van der Waals surface area contributed by atoms with Gasteiger partial charge in [-0.25, -0.2) is 0 Å². The summed E-state index contributed by atoms with van der Waals surface area (Å²) < 4.78 is 0. The fraction of sp³-hybridized carbons (Fsp3) is 0.875. The van der Waals surface area contributed by atoms with Gasteiger partial charge in [0.25, 0.3) is 0 Å². The number of aliphatic hydroxyl groups is 2. The highest BCUT2D eigenvalue weighted by Crippen LogP contribution is 2.02. The highest BCUT2D eigenvalue weighted by molar-refractivity contribution is 5.75. The van der Waals surface area contributed by atoms with Crippen molar-refractivity contribution >= 4 is 5.78 Å². The molecule has 2 atom stereocenters. The van der Waals surface area contributed by atoms with E-state index in [1.165, 1.54) is 11.8 Å². The van der Waals surface area contributed by atoms with E-state index in [4.69, 9.17) is 10.2 Å². The standard InChI is InChI=1S/C8H17NO3/c1-6(10)4-5-9(7(2)11)8(3)12/h7-8,11-12H,4-5H2,1-3H3. The van der Waals surface area contributed by atoms with Crippen LogP contribution in [-0.4, -0.2) is 39.9 Å². The molecule has 0 aliphatic rings. The van der Waals surface area contributed by atoms with Gasteiger partial charge in [-0.2, -0.15) is 0 Å². The van der Waals surface area contributed by atoms with E-state index in [9.17, 15) is 4.79 Å². The van der Waals surface area contributed by atoms with Crippen LogP contribution in [0, 0.1) is 0 Å². The molecule has 0 aliphatic heterocycles. The first-order valence-electron chi connectivity index (χ1n) is 4.06. The van der Waals surface area contributed by atoms with Gasteiger partial charge in [0.15, 0.2) is 0 Å². The van der Waals surface area contributed by atoms with Crippen molar-refractivity contribution in [2.75, 3.05) is 6.54 Å². The third-order valence-electron chi connectivity index (χ3n) is 1.68. The van der Waals surface area contributed by atoms with Gasteiger partial charge in [-0.3, -0.25) is 9.69 Å². The van der Waals surface area contributed by atoms with Gasteiger partial charge in [0.05, 0.1) is 0 Å². The van der Waals surface area contributed by atoms with Crippen LogP contribution in [0.2, 0.25) is 0 Å². The Labute approximate surface area is 72.8 Å². The van der Waals surface area contributed by atoms with E-state index >= 15 is 0 Å². The average molecular weight is 175 g/mol. The molecule has 4 nitrogen and oxygen atoms in total. The number of hydrogen-bond acceptors (Lipinski definition) is 4. The van der Waals surface area contributed by atoms with Gasteiger partial charge in [-0.15, -0.1) is 0 Å². The van der Waals surface area contributed by atoms with E-state index in [0.717, 1.165) is 0 Å². The summed E-state index contributed by atoms with van der Waals surface area (Å²) in [7, 11) is 0. The summed E-state index contributed by atoms with van der Waals surface area (Å²) in [6, 6.07) is 0. The summed E-state index contributed by atoms with van der Waals surface area (Å²) in [5.41, 5.74) is 0. The SMILES string of the molecule is CC(=O)CCN(C(C)O)C(C)O. The van der Waals surface area contributed by atoms with Crippen LogP contribution in [0.3, 0.4) is 0 Å². The van der Waals surface area contributed by atoms with Gasteiger partial charge in [0.1, 0.15) is 18.2 Å². The second-order valence-corrected chi connectivity index (χ2v) is 2.95. The number of Topliss-reactive ketones (excluding diaryl/α,β-unsaturated/α-hetero) is 1. The Morgan fingerprint density at radius 2 is 1.75 bits per heavy atom. The normalized spacial score (nSPS) is 16.2. The van der Waals surface area contributed by atoms with Crippen molar-refractivity contribution in [2.24, 2.45) is 0 Å². The molecule has 0 bridgehead atoms. The Kier molecular flexibility index (Phi) is 5.04. The van der Waals surface area contributed by atoms with E-state index in [0.29, 0.717) is 13.0 Å². The van der Waals surface area contributed by atoms with Crippen LogP contribution < -0.4 is 0 Å². The molecule has 0 rings (SSSR count). The molecule has 0 saturated heterocycles. The minimum atomic E-state index is -0.718. The molecule has 0 aromatic carbocycles. The van der Waals surface area contributed by atoms with Crippen LogP contribution in [0.15, 0.2) is 0 Å². The minimum absolute atomic E-state index is 0.0568. The van der Waals surface area contributed by atoms with Crippen LogP contribution in [0.5, 0.6) is 0 Å². The molecular weight excluding hydrogens is 158 g/mol. The lowest BCUT2D eigenvalue weighted by Crippen LogP contribution is -2.41. The molecule has 0 saturated carbocycles. The molecular formula is C8H17NO3. The van der Waals surface area contributed by atoms with E-state index in [1.54, 1.807) is 13.8 Å². The van der Waals surface area contributed by atoms with E-state index in [2.05, 4.69) is 0 Å². The van der Waals surface area contributed by atoms with Crippen LogP contribution in [-0.2, 0) is 4.79 Å². The minimum Gasteiger partial charge on any atom is -0.379 e. The van der Waals surface area contributed by atoms with Crippen molar-refractivity contribution < 1.29 is 15.0 Å². The molecule has 0 aliphatic carbocycles. The van der Waals surface area contributed by atoms with Crippen LogP contribution >= 0.6 is 0 Å². The third kappa shape index (κ3) is 4.43. The van der Waals surface area contributed by atoms with E-state index in [1.807, 2.05) is 0 Å². The lowest BCUT2D eigenvalue weighted by atomic mass is 10.3. The van der Waals surface area contributed by atoms with Crippen molar-refractivity contribution in [1.82, 2.24) is 4.90 Å². The number of nitrogens with zero attached hydrogens (tertiary/aromatic N) is 1. The van der Waals surface area contributed by atoms with Crippen molar-refractivity contribution in [2.45, 2.75) is 39.6 Å². The summed E-state index contributed by atoms with van der Waals surface area (Å²) in [6.07, 6.45) is -1.08. The maximum atomic E-state index is 10.6. The molecule has 12 heavy (non-hydrogen) atoms. The molecule has 72 valence electrons. The molecule has 2 unspecified atom stereocenters. The maximum absolute atomic E-state index is 10.6. The second kappa shape index (κ2) is 5.24. The van der Waals surface area contributed by atoms with Crippen LogP contribution in [0.4, 0.5) is 0 Å². The predicted octanol–water partition coefficient (Wildman–Crippen LogP) is -0.0559. The second-order valence-electron chi connectivity index (χ2n) is 2.95. The fourth-order valence-electron chi connectivity index (χ4n) is 0.972. The van der Waals surface area contributed by atoms with E-state index in [-0.39, 0.29) is 5.78 Å². The molecule has 0 fully saturated rings. The fourth-order valence-corrected chi connectivity index (χ4v) is 0.972. The van der Waals surface area contributed by atoms with Gasteiger partial charge in [-0.1, -0.05) is 0 Å². The van der Waals surface area contributed by atoms with Gasteiger partial charge in [0.2, 0.25) is 0 Å². The quantitative estimate of drug-likeness (QED) is 0.575. The summed E-state index contributed by atoms with van der Waals surface area (Å²) in [4.78, 5) is 12.0. The molecule has 0 heterocycles. The van der Waals surface area contributed by atoms with Gasteiger partial charge < -0.3 is 10.2 Å². The monoisotopic (exact) mass is 175 g/mol. The smallest absolute Gasteiger partial charge is 0.131 e. The van der Waals surface area contributed by atoms with Crippen molar-refractivity contribution in [3.05, 3.63) is 0 Å². The van der Waals surface area contributed by atoms with E-state index < -0.39 is 12.5 Å². The highest BCUT2D eigenvalue weighted by Gasteiger charge is 2.15. The molecule has 0 amide bonds. The third-order valence-corrected chi connectivity index (χ3v) is 1.68. The highest BCUT2D eigenvalue weighted by atomic mass is 16.3. The largest absolute Gasteiger partial charge is 0.379 e. The zero-order valence-electron chi connectivity index (χ0n) is 7.82. The number of carbonyl (C=O) groups is 1. The Balaban J connectivity index is 3.88. The van der Waals surface area contributed by atoms with Crippen molar-refractivity contribution in [1.29, 1.82) is 0 Å². The number of ketones is 1. The molecule has 0 aromatic heterocycles. The molecule has 0 spiro atoms. The van der Waals surface area contributed by atoms with Crippen LogP contribution in [0.1, 0.15) is 27.2 Å². The Bertz CT molecular complexity index is 137. The zero-order chi connectivity index (χ0) is 9.72. The van der Waals surface area contributed by atoms with Crippen LogP contribution in [0.25, 0.3) is 0 Å². The summed E-state index contributed by atoms with van der Waals surface area (Å²) in [5.74, 6) is 0.0568. The first kappa shape index (κ1) is 11.6. The van der Waals surface area contributed by atoms with Crippen molar-refractivity contribution in [3.8, 4) is 0 Å². The van der Waals surface area contributed by atoms with Gasteiger partial charge >= 0.3 is 0 Å². The molecule has 0 radical (unpaired) electrons. The molecule has 2 N–H and O–H groups in total. The summed E-state index contributed by atoms with van der Waals surface area (Å²) >= 11 is 0. The zero-order valence-corrected chi connectivity index (χ0v) is 7.82. The number of aliphatic hydroxyl groups excluding tert-OH is 2. The number of rotatable bonds is 5. The molecule has 4 heteroatoms. The predicted molar refractivity (Wildman–Crippen MR) is 45.4 cm³/mol. The summed E-state index contributed by atoms with van der Waals surface area (Å²) in [6.45, 7) is 5.01. The number of hydrogen-bond donors (Lipinski definition) is 2. The summed E-state index contributed by atoms with van der Waals surface area (Å²) in [5, 5.41) is 18.3. The molecule has 0 aromatic rings. The lowest BCUT2D eigenvalue weighted by Gasteiger charge is -2.27. The Morgan fingerprint density at radius 1 is 1.33 bits per heavy atom. The lowest BCUT2D eigenvalue weighted by molar-refractivity contribution is -0.120. The Hall–Kier alpha value is -0.450. The average Bonchev–Trinajstić information content (AvgIpc) is 1.84.